The number of likely N-dealkylation sites (N-methyl/N-ethyl adjacent to an activating group) is 1. The molecule has 16 heavy (non-hydrogen) atoms. The number of rotatable bonds is 5. The second-order valence-corrected chi connectivity index (χ2v) is 3.74. The largest absolute Gasteiger partial charge is 0.463 e. The van der Waals surface area contributed by atoms with Crippen LogP contribution in [0, 0.1) is 6.92 Å². The number of methoxy groups -OCH3 is 1. The van der Waals surface area contributed by atoms with Crippen LogP contribution in [-0.2, 0) is 11.3 Å². The lowest BCUT2D eigenvalue weighted by molar-refractivity contribution is 0.0560. The molecule has 0 aromatic carbocycles. The van der Waals surface area contributed by atoms with Crippen LogP contribution < -0.4 is 5.73 Å². The fourth-order valence-corrected chi connectivity index (χ4v) is 1.49. The third kappa shape index (κ3) is 3.08. The van der Waals surface area contributed by atoms with Gasteiger partial charge in [-0.25, -0.2) is 4.79 Å². The van der Waals surface area contributed by atoms with E-state index in [0.29, 0.717) is 13.1 Å². The van der Waals surface area contributed by atoms with Crippen LogP contribution in [0.2, 0.25) is 0 Å². The van der Waals surface area contributed by atoms with E-state index in [4.69, 9.17) is 10.2 Å². The van der Waals surface area contributed by atoms with Crippen LogP contribution in [0.5, 0.6) is 0 Å². The summed E-state index contributed by atoms with van der Waals surface area (Å²) >= 11 is 0. The molecule has 0 atom stereocenters. The van der Waals surface area contributed by atoms with Crippen molar-refractivity contribution in [2.24, 2.45) is 5.73 Å². The minimum Gasteiger partial charge on any atom is -0.463 e. The lowest BCUT2D eigenvalue weighted by Crippen LogP contribution is -2.24. The van der Waals surface area contributed by atoms with Gasteiger partial charge in [0.25, 0.3) is 0 Å². The van der Waals surface area contributed by atoms with E-state index in [1.165, 1.54) is 7.11 Å². The van der Waals surface area contributed by atoms with E-state index in [0.717, 1.165) is 17.9 Å². The van der Waals surface area contributed by atoms with Crippen molar-refractivity contribution in [3.05, 3.63) is 23.2 Å². The molecule has 0 aliphatic heterocycles. The Bertz CT molecular complexity index is 360. The first-order chi connectivity index (χ1) is 7.58. The van der Waals surface area contributed by atoms with Gasteiger partial charge >= 0.3 is 5.97 Å². The Balaban J connectivity index is 2.73. The van der Waals surface area contributed by atoms with Gasteiger partial charge in [0, 0.05) is 18.7 Å². The molecule has 1 aromatic heterocycles. The first-order valence-corrected chi connectivity index (χ1v) is 5.14. The highest BCUT2D eigenvalue weighted by Crippen LogP contribution is 2.16. The summed E-state index contributed by atoms with van der Waals surface area (Å²) in [5.74, 6) is 0.581. The second-order valence-electron chi connectivity index (χ2n) is 3.74. The molecule has 90 valence electrons. The Kier molecular flexibility index (Phi) is 4.52. The van der Waals surface area contributed by atoms with Gasteiger partial charge in [-0.3, -0.25) is 4.90 Å². The summed E-state index contributed by atoms with van der Waals surface area (Å²) in [6.45, 7) is 3.84. The van der Waals surface area contributed by atoms with Crippen molar-refractivity contribution in [2.45, 2.75) is 13.5 Å². The van der Waals surface area contributed by atoms with Crippen molar-refractivity contribution in [3.63, 3.8) is 0 Å². The minimum absolute atomic E-state index is 0.277. The van der Waals surface area contributed by atoms with Crippen LogP contribution in [0.1, 0.15) is 21.9 Å². The molecule has 0 aliphatic rings. The van der Waals surface area contributed by atoms with E-state index in [1.807, 2.05) is 24.9 Å². The molecule has 0 saturated carbocycles. The van der Waals surface area contributed by atoms with Gasteiger partial charge in [-0.1, -0.05) is 0 Å². The van der Waals surface area contributed by atoms with Gasteiger partial charge in [-0.15, -0.1) is 0 Å². The van der Waals surface area contributed by atoms with E-state index in [-0.39, 0.29) is 5.76 Å². The number of furan rings is 1. The maximum Gasteiger partial charge on any atom is 0.374 e. The molecule has 1 rings (SSSR count). The van der Waals surface area contributed by atoms with E-state index >= 15 is 0 Å². The maximum atomic E-state index is 11.3. The number of nitrogens with zero attached hydrogens (tertiary/aromatic N) is 1. The van der Waals surface area contributed by atoms with Gasteiger partial charge in [-0.2, -0.15) is 0 Å². The summed E-state index contributed by atoms with van der Waals surface area (Å²) in [6.07, 6.45) is 0. The number of hydrogen-bond donors (Lipinski definition) is 1. The summed E-state index contributed by atoms with van der Waals surface area (Å²) < 4.78 is 10.0. The Labute approximate surface area is 95.2 Å². The van der Waals surface area contributed by atoms with Crippen LogP contribution in [0.3, 0.4) is 0 Å². The zero-order valence-electron chi connectivity index (χ0n) is 9.95. The van der Waals surface area contributed by atoms with Crippen LogP contribution in [0.15, 0.2) is 10.5 Å². The molecule has 0 radical (unpaired) electrons. The summed E-state index contributed by atoms with van der Waals surface area (Å²) in [6, 6.07) is 1.85. The molecule has 1 aromatic rings. The topological polar surface area (TPSA) is 68.7 Å². The highest BCUT2D eigenvalue weighted by atomic mass is 16.5. The highest BCUT2D eigenvalue weighted by Gasteiger charge is 2.16. The molecule has 0 aliphatic carbocycles. The molecule has 1 heterocycles. The average Bonchev–Trinajstić information content (AvgIpc) is 2.58. The molecule has 0 amide bonds. The molecule has 0 saturated heterocycles. The zero-order chi connectivity index (χ0) is 12.1. The quantitative estimate of drug-likeness (QED) is 0.751. The van der Waals surface area contributed by atoms with E-state index < -0.39 is 5.97 Å². The van der Waals surface area contributed by atoms with Crippen LogP contribution in [-0.4, -0.2) is 38.1 Å². The van der Waals surface area contributed by atoms with Crippen molar-refractivity contribution in [2.75, 3.05) is 27.2 Å². The van der Waals surface area contributed by atoms with Gasteiger partial charge in [0.1, 0.15) is 5.76 Å². The van der Waals surface area contributed by atoms with Crippen LogP contribution in [0.25, 0.3) is 0 Å². The first kappa shape index (κ1) is 12.7. The fraction of sp³-hybridized carbons (Fsp3) is 0.545. The molecular formula is C11H18N2O3. The van der Waals surface area contributed by atoms with Crippen molar-refractivity contribution in [1.29, 1.82) is 0 Å². The Morgan fingerprint density at radius 2 is 2.31 bits per heavy atom. The summed E-state index contributed by atoms with van der Waals surface area (Å²) in [4.78, 5) is 13.3. The van der Waals surface area contributed by atoms with Gasteiger partial charge < -0.3 is 14.9 Å². The number of aryl methyl sites for hydroxylation is 1. The predicted octanol–water partition coefficient (Wildman–Crippen LogP) is 0.765. The standard InChI is InChI=1S/C11H18N2O3/c1-8-6-9(7-13(2)5-4-12)16-10(8)11(14)15-3/h6H,4-5,7,12H2,1-3H3. The molecule has 5 heteroatoms. The molecule has 2 N–H and O–H groups in total. The van der Waals surface area contributed by atoms with Gasteiger partial charge in [0.2, 0.25) is 5.76 Å². The molecule has 0 fully saturated rings. The fourth-order valence-electron chi connectivity index (χ4n) is 1.49. The lowest BCUT2D eigenvalue weighted by Gasteiger charge is -2.12. The normalized spacial score (nSPS) is 10.8. The van der Waals surface area contributed by atoms with E-state index in [1.54, 1.807) is 0 Å². The second kappa shape index (κ2) is 5.67. The maximum absolute atomic E-state index is 11.3. The van der Waals surface area contributed by atoms with E-state index in [9.17, 15) is 4.79 Å². The van der Waals surface area contributed by atoms with Crippen LogP contribution >= 0.6 is 0 Å². The summed E-state index contributed by atoms with van der Waals surface area (Å²) in [5.41, 5.74) is 6.24. The number of esters is 1. The first-order valence-electron chi connectivity index (χ1n) is 5.14. The van der Waals surface area contributed by atoms with Gasteiger partial charge in [0.05, 0.1) is 13.7 Å². The van der Waals surface area contributed by atoms with Gasteiger partial charge in [-0.05, 0) is 20.0 Å². The summed E-state index contributed by atoms with van der Waals surface area (Å²) in [7, 11) is 3.28. The Morgan fingerprint density at radius 3 is 2.88 bits per heavy atom. The number of carbonyl (C=O) groups excluding carboxylic acids is 1. The highest BCUT2D eigenvalue weighted by molar-refractivity contribution is 5.87. The number of hydrogen-bond acceptors (Lipinski definition) is 5. The lowest BCUT2D eigenvalue weighted by atomic mass is 10.2. The SMILES string of the molecule is COC(=O)c1oc(CN(C)CCN)cc1C. The van der Waals surface area contributed by atoms with E-state index in [2.05, 4.69) is 4.74 Å². The third-order valence-corrected chi connectivity index (χ3v) is 2.28. The minimum atomic E-state index is -0.440. The molecular weight excluding hydrogens is 208 g/mol. The van der Waals surface area contributed by atoms with Crippen molar-refractivity contribution < 1.29 is 13.9 Å². The Hall–Kier alpha value is -1.33. The summed E-state index contributed by atoms with van der Waals surface area (Å²) in [5, 5.41) is 0. The smallest absolute Gasteiger partial charge is 0.374 e. The average molecular weight is 226 g/mol. The number of nitrogens with two attached hydrogens (primary N) is 1. The van der Waals surface area contributed by atoms with Crippen LogP contribution in [0.4, 0.5) is 0 Å². The number of ether oxygens (including phenoxy) is 1. The third-order valence-electron chi connectivity index (χ3n) is 2.28. The Morgan fingerprint density at radius 1 is 1.62 bits per heavy atom. The van der Waals surface area contributed by atoms with Crippen molar-refractivity contribution >= 4 is 5.97 Å². The molecule has 0 spiro atoms. The van der Waals surface area contributed by atoms with Crippen molar-refractivity contribution in [1.82, 2.24) is 4.90 Å². The molecule has 0 unspecified atom stereocenters. The van der Waals surface area contributed by atoms with Gasteiger partial charge in [0.15, 0.2) is 0 Å². The monoisotopic (exact) mass is 226 g/mol. The molecule has 5 nitrogen and oxygen atoms in total. The molecule has 0 bridgehead atoms. The number of carbonyl (C=O) groups is 1. The predicted molar refractivity (Wildman–Crippen MR) is 60.2 cm³/mol. The zero-order valence-corrected chi connectivity index (χ0v) is 9.95. The van der Waals surface area contributed by atoms with Crippen molar-refractivity contribution in [3.8, 4) is 0 Å².